The summed E-state index contributed by atoms with van der Waals surface area (Å²) in [6.07, 6.45) is 0. The molecule has 142 valence electrons. The van der Waals surface area contributed by atoms with Gasteiger partial charge in [0.2, 0.25) is 5.91 Å². The summed E-state index contributed by atoms with van der Waals surface area (Å²) in [5, 5.41) is 7.48. The van der Waals surface area contributed by atoms with Crippen LogP contribution in [-0.2, 0) is 10.5 Å². The monoisotopic (exact) mass is 389 g/mol. The summed E-state index contributed by atoms with van der Waals surface area (Å²) in [5.74, 6) is 1.25. The predicted octanol–water partition coefficient (Wildman–Crippen LogP) is 4.55. The van der Waals surface area contributed by atoms with Crippen LogP contribution in [0.15, 0.2) is 96.1 Å². The van der Waals surface area contributed by atoms with E-state index in [1.165, 1.54) is 5.56 Å². The molecule has 0 bridgehead atoms. The molecule has 0 fully saturated rings. The molecule has 0 aliphatic carbocycles. The van der Waals surface area contributed by atoms with Gasteiger partial charge in [-0.15, -0.1) is 11.8 Å². The van der Waals surface area contributed by atoms with Crippen molar-refractivity contribution < 1.29 is 4.79 Å². The zero-order valence-electron chi connectivity index (χ0n) is 15.5. The average Bonchev–Trinajstić information content (AvgIpc) is 2.76. The van der Waals surface area contributed by atoms with Gasteiger partial charge in [-0.2, -0.15) is 5.10 Å². The minimum Gasteiger partial charge on any atom is -0.350 e. The van der Waals surface area contributed by atoms with Gasteiger partial charge < -0.3 is 5.32 Å². The van der Waals surface area contributed by atoms with Crippen molar-refractivity contribution in [3.8, 4) is 0 Å². The minimum absolute atomic E-state index is 0.00396. The van der Waals surface area contributed by atoms with Crippen LogP contribution in [0.4, 0.5) is 5.69 Å². The number of rotatable bonds is 9. The van der Waals surface area contributed by atoms with Crippen molar-refractivity contribution in [2.24, 2.45) is 5.10 Å². The van der Waals surface area contributed by atoms with Crippen LogP contribution in [0.2, 0.25) is 0 Å². The van der Waals surface area contributed by atoms with Crippen molar-refractivity contribution in [3.63, 3.8) is 0 Å². The second kappa shape index (κ2) is 10.9. The summed E-state index contributed by atoms with van der Waals surface area (Å²) in [5.41, 5.74) is 6.95. The number of nitrogens with zero attached hydrogens (tertiary/aromatic N) is 1. The molecule has 0 spiro atoms. The molecule has 0 aliphatic heterocycles. The van der Waals surface area contributed by atoms with Gasteiger partial charge in [0.05, 0.1) is 23.7 Å². The van der Waals surface area contributed by atoms with Crippen LogP contribution in [0.5, 0.6) is 0 Å². The van der Waals surface area contributed by atoms with E-state index in [0.29, 0.717) is 12.3 Å². The van der Waals surface area contributed by atoms with E-state index in [4.69, 9.17) is 0 Å². The van der Waals surface area contributed by atoms with Crippen LogP contribution in [0, 0.1) is 0 Å². The number of anilines is 1. The molecule has 0 atom stereocenters. The van der Waals surface area contributed by atoms with E-state index < -0.39 is 0 Å². The largest absolute Gasteiger partial charge is 0.350 e. The molecule has 3 rings (SSSR count). The number of amides is 1. The number of benzene rings is 3. The van der Waals surface area contributed by atoms with E-state index >= 15 is 0 Å². The van der Waals surface area contributed by atoms with Crippen molar-refractivity contribution in [2.45, 2.75) is 5.75 Å². The van der Waals surface area contributed by atoms with E-state index in [0.717, 1.165) is 22.7 Å². The van der Waals surface area contributed by atoms with Gasteiger partial charge in [0.1, 0.15) is 0 Å². The van der Waals surface area contributed by atoms with Crippen LogP contribution in [-0.4, -0.2) is 23.9 Å². The summed E-state index contributed by atoms with van der Waals surface area (Å²) in [6.45, 7) is 0.370. The number of hydrogen-bond donors (Lipinski definition) is 2. The van der Waals surface area contributed by atoms with Gasteiger partial charge in [0, 0.05) is 5.75 Å². The summed E-state index contributed by atoms with van der Waals surface area (Å²) in [4.78, 5) is 12.2. The smallest absolute Gasteiger partial charge is 0.230 e. The second-order valence-electron chi connectivity index (χ2n) is 6.16. The normalized spacial score (nSPS) is 11.1. The van der Waals surface area contributed by atoms with Gasteiger partial charge in [-0.05, 0) is 23.3 Å². The number of nitrogens with one attached hydrogen (secondary N) is 2. The van der Waals surface area contributed by atoms with Crippen LogP contribution >= 0.6 is 11.8 Å². The molecule has 0 unspecified atom stereocenters. The van der Waals surface area contributed by atoms with Gasteiger partial charge in [0.25, 0.3) is 0 Å². The van der Waals surface area contributed by atoms with Gasteiger partial charge >= 0.3 is 0 Å². The molecule has 0 radical (unpaired) electrons. The second-order valence-corrected chi connectivity index (χ2v) is 7.14. The molecular formula is C23H23N3OS. The molecular weight excluding hydrogens is 366 g/mol. The summed E-state index contributed by atoms with van der Waals surface area (Å²) < 4.78 is 0. The molecule has 0 aliphatic rings. The minimum atomic E-state index is 0.00396. The van der Waals surface area contributed by atoms with E-state index in [-0.39, 0.29) is 5.91 Å². The number of hydrogen-bond acceptors (Lipinski definition) is 4. The van der Waals surface area contributed by atoms with Crippen LogP contribution in [0.3, 0.4) is 0 Å². The highest BCUT2D eigenvalue weighted by Crippen LogP contribution is 2.11. The molecule has 2 N–H and O–H groups in total. The Morgan fingerprint density at radius 2 is 1.43 bits per heavy atom. The fraction of sp³-hybridized carbons (Fsp3) is 0.130. The molecule has 0 heterocycles. The summed E-state index contributed by atoms with van der Waals surface area (Å²) in [6, 6.07) is 29.8. The lowest BCUT2D eigenvalue weighted by molar-refractivity contribution is -0.118. The van der Waals surface area contributed by atoms with Crippen LogP contribution < -0.4 is 10.7 Å². The predicted molar refractivity (Wildman–Crippen MR) is 119 cm³/mol. The number of hydrazone groups is 1. The van der Waals surface area contributed by atoms with E-state index in [1.54, 1.807) is 11.8 Å². The molecule has 0 aromatic heterocycles. The van der Waals surface area contributed by atoms with Crippen molar-refractivity contribution in [2.75, 3.05) is 17.7 Å². The maximum absolute atomic E-state index is 12.2. The summed E-state index contributed by atoms with van der Waals surface area (Å²) in [7, 11) is 0. The lowest BCUT2D eigenvalue weighted by atomic mass is 10.1. The van der Waals surface area contributed by atoms with E-state index in [1.807, 2.05) is 78.9 Å². The Kier molecular flexibility index (Phi) is 7.70. The van der Waals surface area contributed by atoms with Crippen molar-refractivity contribution >= 4 is 29.1 Å². The Hall–Kier alpha value is -3.05. The molecule has 1 amide bonds. The fourth-order valence-corrected chi connectivity index (χ4v) is 3.37. The third-order valence-electron chi connectivity index (χ3n) is 4.00. The van der Waals surface area contributed by atoms with Gasteiger partial charge in [-0.3, -0.25) is 10.2 Å². The molecule has 0 saturated carbocycles. The first kappa shape index (κ1) is 19.7. The first-order chi connectivity index (χ1) is 13.8. The maximum atomic E-state index is 12.2. The summed E-state index contributed by atoms with van der Waals surface area (Å²) >= 11 is 1.60. The Morgan fingerprint density at radius 3 is 2.11 bits per heavy atom. The van der Waals surface area contributed by atoms with E-state index in [9.17, 15) is 4.79 Å². The molecule has 5 heteroatoms. The van der Waals surface area contributed by atoms with Gasteiger partial charge in [0.15, 0.2) is 0 Å². The standard InChI is InChI=1S/C23H23N3OS/c27-23(18-28-17-19-10-4-1-5-11-19)24-16-22(20-12-6-2-7-13-20)26-25-21-14-8-3-9-15-21/h1-15,25H,16-18H2,(H,24,27). The highest BCUT2D eigenvalue weighted by atomic mass is 32.2. The lowest BCUT2D eigenvalue weighted by Crippen LogP contribution is -2.31. The molecule has 4 nitrogen and oxygen atoms in total. The Labute approximate surface area is 170 Å². The third kappa shape index (κ3) is 6.59. The fourth-order valence-electron chi connectivity index (χ4n) is 2.55. The highest BCUT2D eigenvalue weighted by Gasteiger charge is 2.07. The Morgan fingerprint density at radius 1 is 0.821 bits per heavy atom. The van der Waals surface area contributed by atoms with Crippen LogP contribution in [0.25, 0.3) is 0 Å². The number of carbonyl (C=O) groups excluding carboxylic acids is 1. The maximum Gasteiger partial charge on any atom is 0.230 e. The zero-order chi connectivity index (χ0) is 19.4. The van der Waals surface area contributed by atoms with Crippen molar-refractivity contribution in [3.05, 3.63) is 102 Å². The van der Waals surface area contributed by atoms with E-state index in [2.05, 4.69) is 28.0 Å². The molecule has 0 saturated heterocycles. The lowest BCUT2D eigenvalue weighted by Gasteiger charge is -2.10. The quantitative estimate of drug-likeness (QED) is 0.417. The number of para-hydroxylation sites is 1. The number of carbonyl (C=O) groups is 1. The highest BCUT2D eigenvalue weighted by molar-refractivity contribution is 7.99. The molecule has 3 aromatic carbocycles. The van der Waals surface area contributed by atoms with Gasteiger partial charge in [-0.1, -0.05) is 78.9 Å². The Balaban J connectivity index is 1.54. The zero-order valence-corrected chi connectivity index (χ0v) is 16.4. The molecule has 28 heavy (non-hydrogen) atoms. The SMILES string of the molecule is O=C(CSCc1ccccc1)NCC(=NNc1ccccc1)c1ccccc1. The van der Waals surface area contributed by atoms with Crippen LogP contribution in [0.1, 0.15) is 11.1 Å². The van der Waals surface area contributed by atoms with Crippen molar-refractivity contribution in [1.29, 1.82) is 0 Å². The first-order valence-corrected chi connectivity index (χ1v) is 10.3. The topological polar surface area (TPSA) is 53.5 Å². The average molecular weight is 390 g/mol. The third-order valence-corrected chi connectivity index (χ3v) is 5.00. The number of thioether (sulfide) groups is 1. The van der Waals surface area contributed by atoms with Gasteiger partial charge in [-0.25, -0.2) is 0 Å². The molecule has 3 aromatic rings. The van der Waals surface area contributed by atoms with Crippen molar-refractivity contribution in [1.82, 2.24) is 5.32 Å². The Bertz CT molecular complexity index is 883. The first-order valence-electron chi connectivity index (χ1n) is 9.12.